The fourth-order valence-corrected chi connectivity index (χ4v) is 10.8. The molecule has 0 aromatic carbocycles. The highest BCUT2D eigenvalue weighted by Gasteiger charge is 2.20. The lowest BCUT2D eigenvalue weighted by atomic mass is 10.0. The minimum Gasteiger partial charge on any atom is -0.462 e. The quantitative estimate of drug-likeness (QED) is 0.0257. The van der Waals surface area contributed by atoms with Crippen LogP contribution >= 0.6 is 0 Å². The Bertz CT molecular complexity index is 1310. The van der Waals surface area contributed by atoms with Crippen LogP contribution in [0.4, 0.5) is 0 Å². The van der Waals surface area contributed by atoms with E-state index in [2.05, 4.69) is 39.8 Å². The van der Waals surface area contributed by atoms with E-state index in [0.717, 1.165) is 109 Å². The fraction of sp³-hybridized carbons (Fsp3) is 0.915. The van der Waals surface area contributed by atoms with E-state index in [0.29, 0.717) is 25.7 Å². The predicted octanol–water partition coefficient (Wildman–Crippen LogP) is 22.8. The van der Waals surface area contributed by atoms with Crippen molar-refractivity contribution in [1.82, 2.24) is 0 Å². The van der Waals surface area contributed by atoms with E-state index in [9.17, 15) is 19.2 Å². The van der Waals surface area contributed by atoms with Gasteiger partial charge in [0.25, 0.3) is 0 Å². The van der Waals surface area contributed by atoms with Gasteiger partial charge in [-0.25, -0.2) is 0 Å². The van der Waals surface area contributed by atoms with Crippen LogP contribution in [0.1, 0.15) is 394 Å². The van der Waals surface area contributed by atoms with Crippen molar-refractivity contribution >= 4 is 23.9 Å². The van der Waals surface area contributed by atoms with Crippen molar-refractivity contribution in [2.75, 3.05) is 13.2 Å². The maximum atomic E-state index is 13.1. The molecule has 0 rings (SSSR count). The first kappa shape index (κ1) is 76.6. The van der Waals surface area contributed by atoms with Gasteiger partial charge in [0.2, 0.25) is 0 Å². The molecule has 2 atom stereocenters. The summed E-state index contributed by atoms with van der Waals surface area (Å²) in [5, 5.41) is 0. The average molecular weight is 1120 g/mol. The minimum atomic E-state index is -0.818. The summed E-state index contributed by atoms with van der Waals surface area (Å²) in [5.41, 5.74) is 0. The second-order valence-electron chi connectivity index (χ2n) is 24.1. The molecule has 0 N–H and O–H groups in total. The molecule has 0 fully saturated rings. The molecule has 0 aliphatic heterocycles. The van der Waals surface area contributed by atoms with Crippen LogP contribution in [0.3, 0.4) is 0 Å². The van der Waals surface area contributed by atoms with Gasteiger partial charge in [0.15, 0.2) is 6.10 Å². The zero-order valence-corrected chi connectivity index (χ0v) is 53.3. The molecule has 0 aliphatic carbocycles. The molecule has 0 aromatic rings. The zero-order chi connectivity index (χ0) is 57.4. The molecule has 0 amide bonds. The van der Waals surface area contributed by atoms with Gasteiger partial charge < -0.3 is 18.9 Å². The van der Waals surface area contributed by atoms with Crippen LogP contribution in [0.2, 0.25) is 0 Å². The normalized spacial score (nSPS) is 12.3. The summed E-state index contributed by atoms with van der Waals surface area (Å²) in [7, 11) is 0. The number of hydrogen-bond donors (Lipinski definition) is 0. The Morgan fingerprint density at radius 1 is 0.253 bits per heavy atom. The molecule has 0 heterocycles. The first-order valence-electron chi connectivity index (χ1n) is 35.2. The van der Waals surface area contributed by atoms with Gasteiger partial charge in [0, 0.05) is 25.7 Å². The van der Waals surface area contributed by atoms with Gasteiger partial charge in [0.05, 0.1) is 0 Å². The lowest BCUT2D eigenvalue weighted by Gasteiger charge is -2.19. The maximum absolute atomic E-state index is 13.1. The summed E-state index contributed by atoms with van der Waals surface area (Å²) >= 11 is 0. The fourth-order valence-electron chi connectivity index (χ4n) is 10.8. The third-order valence-corrected chi connectivity index (χ3v) is 16.1. The number of carbonyl (C=O) groups is 4. The van der Waals surface area contributed by atoms with Crippen LogP contribution in [0.15, 0.2) is 12.2 Å². The molecule has 0 aliphatic rings. The van der Waals surface area contributed by atoms with Crippen LogP contribution in [-0.4, -0.2) is 49.3 Å². The van der Waals surface area contributed by atoms with Gasteiger partial charge in [-0.3, -0.25) is 19.2 Å². The van der Waals surface area contributed by atoms with E-state index < -0.39 is 6.10 Å². The Hall–Kier alpha value is -2.38. The highest BCUT2D eigenvalue weighted by molar-refractivity contribution is 5.71. The first-order chi connectivity index (χ1) is 38.9. The lowest BCUT2D eigenvalue weighted by molar-refractivity contribution is -0.167. The number of hydrogen-bond acceptors (Lipinski definition) is 8. The standard InChI is InChI=1S/C71H134O8/c1-5-9-13-17-21-24-27-30-31-34-36-39-43-49-55-61-69(73)77-65-67(64-76-68(72)60-54-48-42-38-35-32-28-25-22-18-14-10-6-2)79-71(75)63-57-51-45-47-53-59-66(58-52-46-41-20-16-12-8-4)78-70(74)62-56-50-44-40-37-33-29-26-23-19-15-11-7-3/h30-31,66-67H,5-29,32-65H2,1-4H3/b31-30-/t66?,67-/m1/s1. The third kappa shape index (κ3) is 61.5. The van der Waals surface area contributed by atoms with E-state index in [1.54, 1.807) is 0 Å². The van der Waals surface area contributed by atoms with Crippen LogP contribution < -0.4 is 0 Å². The average Bonchev–Trinajstić information content (AvgIpc) is 3.44. The van der Waals surface area contributed by atoms with E-state index in [1.807, 2.05) is 0 Å². The first-order valence-corrected chi connectivity index (χ1v) is 35.2. The van der Waals surface area contributed by atoms with Crippen molar-refractivity contribution in [3.05, 3.63) is 12.2 Å². The minimum absolute atomic E-state index is 0.00322. The van der Waals surface area contributed by atoms with Crippen LogP contribution in [0, 0.1) is 0 Å². The topological polar surface area (TPSA) is 105 Å². The number of rotatable bonds is 65. The molecular weight excluding hydrogens is 981 g/mol. The number of carbonyl (C=O) groups excluding carboxylic acids is 4. The molecule has 0 bridgehead atoms. The van der Waals surface area contributed by atoms with Gasteiger partial charge in [-0.1, -0.05) is 303 Å². The molecule has 0 aromatic heterocycles. The van der Waals surface area contributed by atoms with Gasteiger partial charge in [0.1, 0.15) is 19.3 Å². The molecule has 8 nitrogen and oxygen atoms in total. The predicted molar refractivity (Wildman–Crippen MR) is 337 cm³/mol. The molecule has 79 heavy (non-hydrogen) atoms. The summed E-state index contributed by atoms with van der Waals surface area (Å²) in [5.74, 6) is -0.967. The molecule has 0 saturated heterocycles. The van der Waals surface area contributed by atoms with E-state index in [1.165, 1.54) is 225 Å². The molecule has 1 unspecified atom stereocenters. The number of allylic oxidation sites excluding steroid dienone is 2. The Kier molecular flexibility index (Phi) is 62.8. The summed E-state index contributed by atoms with van der Waals surface area (Å²) in [6, 6.07) is 0. The van der Waals surface area contributed by atoms with E-state index in [-0.39, 0.29) is 49.6 Å². The summed E-state index contributed by atoms with van der Waals surface area (Å²) in [4.78, 5) is 51.6. The van der Waals surface area contributed by atoms with Gasteiger partial charge in [-0.05, 0) is 77.0 Å². The van der Waals surface area contributed by atoms with Crippen molar-refractivity contribution in [2.45, 2.75) is 406 Å². The van der Waals surface area contributed by atoms with Crippen molar-refractivity contribution in [1.29, 1.82) is 0 Å². The van der Waals surface area contributed by atoms with Crippen LogP contribution in [-0.2, 0) is 38.1 Å². The summed E-state index contributed by atoms with van der Waals surface area (Å²) < 4.78 is 23.2. The highest BCUT2D eigenvalue weighted by atomic mass is 16.6. The SMILES string of the molecule is CCCCCCCC/C=C\CCCCCCCC(=O)OC[C@@H](COC(=O)CCCCCCCCCCCCCCC)OC(=O)CCCCCCCC(CCCCCCCCC)OC(=O)CCCCCCCCCCCCCCC. The Morgan fingerprint density at radius 2 is 0.468 bits per heavy atom. The lowest BCUT2D eigenvalue weighted by Crippen LogP contribution is -2.30. The van der Waals surface area contributed by atoms with E-state index >= 15 is 0 Å². The summed E-state index contributed by atoms with van der Waals surface area (Å²) in [6.07, 6.45) is 69.2. The largest absolute Gasteiger partial charge is 0.462 e. The Labute approximate surface area is 491 Å². The number of unbranched alkanes of at least 4 members (excludes halogenated alkanes) is 45. The molecule has 0 saturated carbocycles. The second-order valence-corrected chi connectivity index (χ2v) is 24.1. The van der Waals surface area contributed by atoms with Gasteiger partial charge >= 0.3 is 23.9 Å². The Morgan fingerprint density at radius 3 is 0.747 bits per heavy atom. The molecule has 0 radical (unpaired) electrons. The molecular formula is C71H134O8. The highest BCUT2D eigenvalue weighted by Crippen LogP contribution is 2.21. The monoisotopic (exact) mass is 1120 g/mol. The van der Waals surface area contributed by atoms with Crippen LogP contribution in [0.25, 0.3) is 0 Å². The number of esters is 4. The molecule has 0 spiro atoms. The van der Waals surface area contributed by atoms with Gasteiger partial charge in [-0.15, -0.1) is 0 Å². The van der Waals surface area contributed by atoms with Crippen molar-refractivity contribution in [2.24, 2.45) is 0 Å². The van der Waals surface area contributed by atoms with Crippen molar-refractivity contribution in [3.8, 4) is 0 Å². The van der Waals surface area contributed by atoms with Crippen molar-refractivity contribution < 1.29 is 38.1 Å². The third-order valence-electron chi connectivity index (χ3n) is 16.1. The van der Waals surface area contributed by atoms with Crippen LogP contribution in [0.5, 0.6) is 0 Å². The second kappa shape index (κ2) is 64.8. The molecule has 466 valence electrons. The number of ether oxygens (including phenoxy) is 4. The van der Waals surface area contributed by atoms with E-state index in [4.69, 9.17) is 18.9 Å². The van der Waals surface area contributed by atoms with Crippen molar-refractivity contribution in [3.63, 3.8) is 0 Å². The smallest absolute Gasteiger partial charge is 0.306 e. The van der Waals surface area contributed by atoms with Gasteiger partial charge in [-0.2, -0.15) is 0 Å². The Balaban J connectivity index is 4.79. The summed E-state index contributed by atoms with van der Waals surface area (Å²) in [6.45, 7) is 8.85. The zero-order valence-electron chi connectivity index (χ0n) is 53.3. The molecule has 8 heteroatoms. The maximum Gasteiger partial charge on any atom is 0.306 e.